The van der Waals surface area contributed by atoms with Crippen molar-refractivity contribution in [3.05, 3.63) is 247 Å². The molecule has 65 heavy (non-hydrogen) atoms. The van der Waals surface area contributed by atoms with Crippen LogP contribution in [0.3, 0.4) is 0 Å². The van der Waals surface area contributed by atoms with E-state index < -0.39 is 5.41 Å². The molecule has 15 rings (SSSR count). The van der Waals surface area contributed by atoms with Gasteiger partial charge in [-0.15, -0.1) is 0 Å². The fraction of sp³-hybridized carbons (Fsp3) is 0.0159. The van der Waals surface area contributed by atoms with Gasteiger partial charge in [-0.3, -0.25) is 0 Å². The van der Waals surface area contributed by atoms with Crippen LogP contribution in [0.5, 0.6) is 0 Å². The maximum Gasteiger partial charge on any atom is 0.143 e. The minimum Gasteiger partial charge on any atom is -0.455 e. The van der Waals surface area contributed by atoms with Gasteiger partial charge >= 0.3 is 0 Å². The Balaban J connectivity index is 1.09. The topological polar surface area (TPSA) is 18.1 Å². The maximum absolute atomic E-state index is 7.08. The average Bonchev–Trinajstić information content (AvgIpc) is 4.09. The van der Waals surface area contributed by atoms with Gasteiger partial charge < -0.3 is 8.98 Å². The number of hydrogen-bond donors (Lipinski definition) is 0. The number of benzene rings is 11. The molecule has 0 bridgehead atoms. The zero-order valence-corrected chi connectivity index (χ0v) is 35.2. The number of hydrogen-bond acceptors (Lipinski definition) is 1. The molecule has 1 spiro atoms. The maximum atomic E-state index is 7.08. The third kappa shape index (κ3) is 4.53. The SMILES string of the molecule is c1ccc(-n2c3ccccc3c3ccc(-c4ccc5c(c4)C4(c6ccccc6-c6c4ccc4ccccc64)c4cc(-c6cccc7ccccc67)c6oc7ccccc7c6c4-5)cc32)cc1. The Bertz CT molecular complexity index is 4180. The first kappa shape index (κ1) is 35.1. The van der Waals surface area contributed by atoms with E-state index >= 15 is 0 Å². The molecule has 0 radical (unpaired) electrons. The Hall–Kier alpha value is -8.46. The van der Waals surface area contributed by atoms with Gasteiger partial charge in [-0.2, -0.15) is 0 Å². The highest BCUT2D eigenvalue weighted by Gasteiger charge is 2.53. The number of aromatic nitrogens is 1. The van der Waals surface area contributed by atoms with E-state index in [0.29, 0.717) is 0 Å². The summed E-state index contributed by atoms with van der Waals surface area (Å²) in [6.45, 7) is 0. The van der Waals surface area contributed by atoms with Crippen LogP contribution in [0.2, 0.25) is 0 Å². The Morgan fingerprint density at radius 2 is 0.985 bits per heavy atom. The van der Waals surface area contributed by atoms with Crippen LogP contribution in [0.4, 0.5) is 0 Å². The molecule has 13 aromatic rings. The monoisotopic (exact) mass is 823 g/mol. The normalized spacial score (nSPS) is 14.8. The van der Waals surface area contributed by atoms with Crippen LogP contribution in [0.1, 0.15) is 22.3 Å². The number of para-hydroxylation sites is 3. The third-order valence-corrected chi connectivity index (χ3v) is 14.8. The van der Waals surface area contributed by atoms with Gasteiger partial charge in [0.1, 0.15) is 11.2 Å². The van der Waals surface area contributed by atoms with Crippen LogP contribution in [-0.4, -0.2) is 4.57 Å². The predicted molar refractivity (Wildman–Crippen MR) is 270 cm³/mol. The summed E-state index contributed by atoms with van der Waals surface area (Å²) < 4.78 is 9.50. The highest BCUT2D eigenvalue weighted by Crippen LogP contribution is 2.66. The van der Waals surface area contributed by atoms with E-state index in [0.717, 1.165) is 27.8 Å². The van der Waals surface area contributed by atoms with Gasteiger partial charge in [-0.05, 0) is 125 Å². The van der Waals surface area contributed by atoms with E-state index in [1.54, 1.807) is 0 Å². The van der Waals surface area contributed by atoms with Crippen molar-refractivity contribution in [2.24, 2.45) is 0 Å². The van der Waals surface area contributed by atoms with Crippen molar-refractivity contribution in [3.8, 4) is 50.2 Å². The van der Waals surface area contributed by atoms with Crippen molar-refractivity contribution in [1.29, 1.82) is 0 Å². The molecule has 2 aliphatic rings. The van der Waals surface area contributed by atoms with Gasteiger partial charge in [0.15, 0.2) is 0 Å². The van der Waals surface area contributed by atoms with Crippen LogP contribution in [0, 0.1) is 0 Å². The van der Waals surface area contributed by atoms with Gasteiger partial charge in [0.2, 0.25) is 0 Å². The van der Waals surface area contributed by atoms with Gasteiger partial charge in [0.25, 0.3) is 0 Å². The first-order valence-corrected chi connectivity index (χ1v) is 22.6. The molecule has 0 amide bonds. The molecule has 0 aliphatic heterocycles. The first-order chi connectivity index (χ1) is 32.3. The van der Waals surface area contributed by atoms with Crippen molar-refractivity contribution >= 4 is 65.3 Å². The predicted octanol–water partition coefficient (Wildman–Crippen LogP) is 16.7. The zero-order chi connectivity index (χ0) is 42.4. The van der Waals surface area contributed by atoms with Crippen molar-refractivity contribution in [2.75, 3.05) is 0 Å². The zero-order valence-electron chi connectivity index (χ0n) is 35.2. The Kier molecular flexibility index (Phi) is 6.91. The molecule has 0 saturated heterocycles. The Labute approximate surface area is 374 Å². The number of nitrogens with zero attached hydrogens (tertiary/aromatic N) is 1. The molecule has 0 fully saturated rings. The first-order valence-electron chi connectivity index (χ1n) is 22.6. The highest BCUT2D eigenvalue weighted by atomic mass is 16.3. The van der Waals surface area contributed by atoms with Gasteiger partial charge in [0.05, 0.1) is 16.4 Å². The second-order valence-corrected chi connectivity index (χ2v) is 17.9. The van der Waals surface area contributed by atoms with Crippen LogP contribution in [-0.2, 0) is 5.41 Å². The molecule has 2 heteroatoms. The molecule has 300 valence electrons. The van der Waals surface area contributed by atoms with E-state index in [9.17, 15) is 0 Å². The van der Waals surface area contributed by atoms with Gasteiger partial charge in [-0.1, -0.05) is 182 Å². The minimum atomic E-state index is -0.619. The lowest BCUT2D eigenvalue weighted by Crippen LogP contribution is -2.26. The largest absolute Gasteiger partial charge is 0.455 e. The lowest BCUT2D eigenvalue weighted by Gasteiger charge is -2.31. The standard InChI is InChI=1S/C63H37NO/c1-2-18-42(19-3-1)64-56-27-12-9-22-46(56)47-32-29-41(36-57(47)64)40-30-33-49-54(35-40)63(52-26-11-8-23-48(52)59-44-21-7-5-16-39(44)31-34-53(59)63)55-37-51(45-25-14-17-38-15-4-6-20-43(38)45)62-61(60(49)55)50-24-10-13-28-58(50)65-62/h1-37H. The molecule has 1 atom stereocenters. The molecule has 0 saturated carbocycles. The molecule has 2 aliphatic carbocycles. The lowest BCUT2D eigenvalue weighted by atomic mass is 9.69. The summed E-state index contributed by atoms with van der Waals surface area (Å²) in [5.41, 5.74) is 19.8. The molecule has 2 aromatic heterocycles. The average molecular weight is 824 g/mol. The minimum absolute atomic E-state index is 0.619. The van der Waals surface area contributed by atoms with E-state index in [4.69, 9.17) is 4.42 Å². The summed E-state index contributed by atoms with van der Waals surface area (Å²) in [7, 11) is 0. The van der Waals surface area contributed by atoms with E-state index in [1.807, 2.05) is 0 Å². The van der Waals surface area contributed by atoms with Crippen molar-refractivity contribution in [1.82, 2.24) is 4.57 Å². The number of rotatable bonds is 3. The van der Waals surface area contributed by atoms with Gasteiger partial charge in [0, 0.05) is 32.8 Å². The fourth-order valence-electron chi connectivity index (χ4n) is 12.2. The molecule has 11 aromatic carbocycles. The summed E-state index contributed by atoms with van der Waals surface area (Å²) in [5, 5.41) is 9.77. The van der Waals surface area contributed by atoms with Crippen LogP contribution in [0.15, 0.2) is 229 Å². The Morgan fingerprint density at radius 1 is 0.338 bits per heavy atom. The van der Waals surface area contributed by atoms with Crippen LogP contribution >= 0.6 is 0 Å². The second-order valence-electron chi connectivity index (χ2n) is 17.9. The number of fused-ring (bicyclic) bond motifs is 20. The molecular formula is C63H37NO. The molecule has 2 nitrogen and oxygen atoms in total. The molecule has 1 unspecified atom stereocenters. The number of furan rings is 1. The summed E-state index contributed by atoms with van der Waals surface area (Å²) in [6.07, 6.45) is 0. The highest BCUT2D eigenvalue weighted by molar-refractivity contribution is 6.21. The lowest BCUT2D eigenvalue weighted by molar-refractivity contribution is 0.669. The Morgan fingerprint density at radius 3 is 1.88 bits per heavy atom. The van der Waals surface area contributed by atoms with E-state index in [1.165, 1.54) is 110 Å². The second kappa shape index (κ2) is 12.8. The van der Waals surface area contributed by atoms with Crippen molar-refractivity contribution in [2.45, 2.75) is 5.41 Å². The molecule has 2 heterocycles. The van der Waals surface area contributed by atoms with Crippen molar-refractivity contribution < 1.29 is 4.42 Å². The van der Waals surface area contributed by atoms with Crippen LogP contribution in [0.25, 0.3) is 115 Å². The molecule has 0 N–H and O–H groups in total. The van der Waals surface area contributed by atoms with E-state index in [2.05, 4.69) is 229 Å². The van der Waals surface area contributed by atoms with E-state index in [-0.39, 0.29) is 0 Å². The van der Waals surface area contributed by atoms with Crippen LogP contribution < -0.4 is 0 Å². The summed E-state index contributed by atoms with van der Waals surface area (Å²) in [5.74, 6) is 0. The summed E-state index contributed by atoms with van der Waals surface area (Å²) in [6, 6.07) is 83.3. The summed E-state index contributed by atoms with van der Waals surface area (Å²) in [4.78, 5) is 0. The fourth-order valence-corrected chi connectivity index (χ4v) is 12.2. The third-order valence-electron chi connectivity index (χ3n) is 14.8. The smallest absolute Gasteiger partial charge is 0.143 e. The quantitative estimate of drug-likeness (QED) is 0.174. The van der Waals surface area contributed by atoms with Crippen molar-refractivity contribution in [3.63, 3.8) is 0 Å². The summed E-state index contributed by atoms with van der Waals surface area (Å²) >= 11 is 0. The molecular weight excluding hydrogens is 787 g/mol. The van der Waals surface area contributed by atoms with Gasteiger partial charge in [-0.25, -0.2) is 0 Å².